The summed E-state index contributed by atoms with van der Waals surface area (Å²) in [6, 6.07) is 4.99. The van der Waals surface area contributed by atoms with Gasteiger partial charge in [0.15, 0.2) is 0 Å². The molecule has 18 heavy (non-hydrogen) atoms. The van der Waals surface area contributed by atoms with Crippen LogP contribution in [0.4, 0.5) is 0 Å². The molecule has 0 spiro atoms. The minimum atomic E-state index is 0.471. The Bertz CT molecular complexity index is 406. The van der Waals surface area contributed by atoms with E-state index in [-0.39, 0.29) is 0 Å². The molecule has 0 atom stereocenters. The molecule has 0 aliphatic heterocycles. The highest BCUT2D eigenvalue weighted by atomic mass is 14.9. The van der Waals surface area contributed by atoms with Crippen LogP contribution in [0.25, 0.3) is 0 Å². The quantitative estimate of drug-likeness (QED) is 0.783. The number of benzene rings is 1. The zero-order valence-corrected chi connectivity index (χ0v) is 11.9. The summed E-state index contributed by atoms with van der Waals surface area (Å²) < 4.78 is 0. The predicted octanol–water partition coefficient (Wildman–Crippen LogP) is 2.48. The van der Waals surface area contributed by atoms with Gasteiger partial charge in [0.05, 0.1) is 0 Å². The Morgan fingerprint density at radius 2 is 1.89 bits per heavy atom. The van der Waals surface area contributed by atoms with E-state index in [0.29, 0.717) is 6.04 Å². The maximum atomic E-state index is 5.79. The monoisotopic (exact) mass is 246 g/mol. The number of rotatable bonds is 5. The van der Waals surface area contributed by atoms with Crippen molar-refractivity contribution in [3.05, 3.63) is 34.4 Å². The highest BCUT2D eigenvalue weighted by Crippen LogP contribution is 2.24. The molecule has 2 nitrogen and oxygen atoms in total. The lowest BCUT2D eigenvalue weighted by Gasteiger charge is -2.32. The third-order valence-electron chi connectivity index (χ3n) is 4.45. The summed E-state index contributed by atoms with van der Waals surface area (Å²) in [6.45, 7) is 8.86. The summed E-state index contributed by atoms with van der Waals surface area (Å²) in [6.07, 6.45) is 3.54. The first-order chi connectivity index (χ1) is 8.58. The molecule has 100 valence electrons. The van der Waals surface area contributed by atoms with E-state index in [2.05, 4.69) is 38.2 Å². The highest BCUT2D eigenvalue weighted by Gasteiger charge is 2.24. The summed E-state index contributed by atoms with van der Waals surface area (Å²) in [5.74, 6) is 0.820. The molecule has 1 aliphatic carbocycles. The van der Waals surface area contributed by atoms with Crippen LogP contribution in [0.15, 0.2) is 12.1 Å². The van der Waals surface area contributed by atoms with E-state index in [1.165, 1.54) is 35.1 Å². The molecule has 1 fully saturated rings. The van der Waals surface area contributed by atoms with Gasteiger partial charge in [-0.25, -0.2) is 0 Å². The van der Waals surface area contributed by atoms with Crippen LogP contribution in [-0.2, 0) is 6.42 Å². The molecule has 1 saturated carbocycles. The van der Waals surface area contributed by atoms with Crippen molar-refractivity contribution in [1.29, 1.82) is 0 Å². The van der Waals surface area contributed by atoms with Gasteiger partial charge in [0.1, 0.15) is 0 Å². The topological polar surface area (TPSA) is 38.0 Å². The van der Waals surface area contributed by atoms with Gasteiger partial charge in [-0.2, -0.15) is 0 Å². The van der Waals surface area contributed by atoms with E-state index in [9.17, 15) is 0 Å². The third kappa shape index (κ3) is 3.12. The smallest absolute Gasteiger partial charge is 0.00450 e. The summed E-state index contributed by atoms with van der Waals surface area (Å²) >= 11 is 0. The van der Waals surface area contributed by atoms with Gasteiger partial charge in [-0.3, -0.25) is 0 Å². The van der Waals surface area contributed by atoms with Crippen molar-refractivity contribution < 1.29 is 0 Å². The fourth-order valence-corrected chi connectivity index (χ4v) is 2.77. The van der Waals surface area contributed by atoms with Gasteiger partial charge < -0.3 is 11.1 Å². The van der Waals surface area contributed by atoms with Crippen molar-refractivity contribution in [3.8, 4) is 0 Å². The molecule has 0 saturated heterocycles. The van der Waals surface area contributed by atoms with Crippen molar-refractivity contribution in [3.63, 3.8) is 0 Å². The first-order valence-corrected chi connectivity index (χ1v) is 7.10. The number of nitrogens with one attached hydrogen (secondary N) is 1. The standard InChI is InChI=1S/C16H26N2/c1-11-4-5-15(13(3)12(11)2)6-7-18-10-14-8-16(17)9-14/h4-5,14,16,18H,6-10,17H2,1-3H3. The van der Waals surface area contributed by atoms with Crippen molar-refractivity contribution in [2.45, 2.75) is 46.1 Å². The first-order valence-electron chi connectivity index (χ1n) is 7.10. The zero-order chi connectivity index (χ0) is 13.1. The Morgan fingerprint density at radius 3 is 2.56 bits per heavy atom. The van der Waals surface area contributed by atoms with Gasteiger partial charge in [-0.15, -0.1) is 0 Å². The average Bonchev–Trinajstić information content (AvgIpc) is 2.31. The molecule has 2 heteroatoms. The second kappa shape index (κ2) is 5.85. The van der Waals surface area contributed by atoms with E-state index >= 15 is 0 Å². The number of aryl methyl sites for hydroxylation is 1. The maximum absolute atomic E-state index is 5.79. The average molecular weight is 246 g/mol. The second-order valence-corrected chi connectivity index (χ2v) is 5.84. The summed E-state index contributed by atoms with van der Waals surface area (Å²) in [5.41, 5.74) is 11.6. The van der Waals surface area contributed by atoms with Crippen LogP contribution in [0.1, 0.15) is 35.1 Å². The van der Waals surface area contributed by atoms with Crippen molar-refractivity contribution >= 4 is 0 Å². The Balaban J connectivity index is 1.75. The normalized spacial score (nSPS) is 22.9. The molecule has 0 heterocycles. The molecule has 2 rings (SSSR count). The summed E-state index contributed by atoms with van der Waals surface area (Å²) in [4.78, 5) is 0. The molecule has 0 radical (unpaired) electrons. The van der Waals surface area contributed by atoms with Gasteiger partial charge in [0.25, 0.3) is 0 Å². The zero-order valence-electron chi connectivity index (χ0n) is 11.9. The Hall–Kier alpha value is -0.860. The molecule has 0 unspecified atom stereocenters. The molecule has 1 aromatic carbocycles. The Labute approximate surface area is 111 Å². The minimum absolute atomic E-state index is 0.471. The molecule has 0 aromatic heterocycles. The molecular formula is C16H26N2. The SMILES string of the molecule is Cc1ccc(CCNCC2CC(N)C2)c(C)c1C. The van der Waals surface area contributed by atoms with Gasteiger partial charge in [-0.1, -0.05) is 12.1 Å². The van der Waals surface area contributed by atoms with Gasteiger partial charge in [0.2, 0.25) is 0 Å². The molecule has 0 bridgehead atoms. The lowest BCUT2D eigenvalue weighted by Crippen LogP contribution is -2.41. The summed E-state index contributed by atoms with van der Waals surface area (Å²) in [7, 11) is 0. The second-order valence-electron chi connectivity index (χ2n) is 5.84. The van der Waals surface area contributed by atoms with Crippen molar-refractivity contribution in [2.24, 2.45) is 11.7 Å². The Morgan fingerprint density at radius 1 is 1.17 bits per heavy atom. The van der Waals surface area contributed by atoms with E-state index in [1.807, 2.05) is 0 Å². The van der Waals surface area contributed by atoms with Crippen LogP contribution in [0.5, 0.6) is 0 Å². The number of nitrogens with two attached hydrogens (primary N) is 1. The first kappa shape index (κ1) is 13.6. The number of hydrogen-bond donors (Lipinski definition) is 2. The van der Waals surface area contributed by atoms with E-state index in [4.69, 9.17) is 5.73 Å². The van der Waals surface area contributed by atoms with Crippen LogP contribution in [0.3, 0.4) is 0 Å². The van der Waals surface area contributed by atoms with E-state index in [0.717, 1.165) is 25.4 Å². The van der Waals surface area contributed by atoms with Gasteiger partial charge >= 0.3 is 0 Å². The molecule has 1 aromatic rings. The molecule has 0 amide bonds. The molecule has 3 N–H and O–H groups in total. The van der Waals surface area contributed by atoms with E-state index < -0.39 is 0 Å². The third-order valence-corrected chi connectivity index (χ3v) is 4.45. The Kier molecular flexibility index (Phi) is 4.41. The highest BCUT2D eigenvalue weighted by molar-refractivity contribution is 5.38. The minimum Gasteiger partial charge on any atom is -0.328 e. The van der Waals surface area contributed by atoms with Crippen LogP contribution >= 0.6 is 0 Å². The van der Waals surface area contributed by atoms with E-state index in [1.54, 1.807) is 0 Å². The fraction of sp³-hybridized carbons (Fsp3) is 0.625. The lowest BCUT2D eigenvalue weighted by molar-refractivity contribution is 0.257. The molecular weight excluding hydrogens is 220 g/mol. The van der Waals surface area contributed by atoms with Crippen LogP contribution in [-0.4, -0.2) is 19.1 Å². The lowest BCUT2D eigenvalue weighted by atomic mass is 9.81. The molecule has 1 aliphatic rings. The van der Waals surface area contributed by atoms with Crippen LogP contribution in [0, 0.1) is 26.7 Å². The largest absolute Gasteiger partial charge is 0.328 e. The fourth-order valence-electron chi connectivity index (χ4n) is 2.77. The van der Waals surface area contributed by atoms with Gasteiger partial charge in [0, 0.05) is 6.04 Å². The van der Waals surface area contributed by atoms with Gasteiger partial charge in [-0.05, 0) is 81.3 Å². The van der Waals surface area contributed by atoms with Crippen LogP contribution < -0.4 is 11.1 Å². The van der Waals surface area contributed by atoms with Crippen LogP contribution in [0.2, 0.25) is 0 Å². The van der Waals surface area contributed by atoms with Crippen molar-refractivity contribution in [1.82, 2.24) is 5.32 Å². The number of hydrogen-bond acceptors (Lipinski definition) is 2. The van der Waals surface area contributed by atoms with Crippen molar-refractivity contribution in [2.75, 3.05) is 13.1 Å². The maximum Gasteiger partial charge on any atom is 0.00450 e. The summed E-state index contributed by atoms with van der Waals surface area (Å²) in [5, 5.41) is 3.56. The predicted molar refractivity (Wildman–Crippen MR) is 77.9 cm³/mol.